The van der Waals surface area contributed by atoms with Crippen molar-refractivity contribution in [1.82, 2.24) is 15.4 Å². The van der Waals surface area contributed by atoms with Gasteiger partial charge in [-0.2, -0.15) is 0 Å². The number of aryl methyl sites for hydroxylation is 2. The van der Waals surface area contributed by atoms with Crippen molar-refractivity contribution < 1.29 is 8.94 Å². The molecule has 2 heterocycles. The Hall–Kier alpha value is -2.63. The van der Waals surface area contributed by atoms with Crippen LogP contribution in [-0.2, 0) is 6.54 Å². The molecule has 0 aliphatic rings. The van der Waals surface area contributed by atoms with Crippen molar-refractivity contribution >= 4 is 6.01 Å². The van der Waals surface area contributed by atoms with Crippen LogP contribution in [-0.4, -0.2) is 15.4 Å². The van der Waals surface area contributed by atoms with E-state index in [1.807, 2.05) is 32.0 Å². The Bertz CT molecular complexity index is 745. The van der Waals surface area contributed by atoms with Crippen molar-refractivity contribution in [2.24, 2.45) is 0 Å². The van der Waals surface area contributed by atoms with Gasteiger partial charge in [-0.25, -0.2) is 0 Å². The van der Waals surface area contributed by atoms with Gasteiger partial charge in [-0.15, -0.1) is 5.10 Å². The van der Waals surface area contributed by atoms with Crippen LogP contribution in [0.25, 0.3) is 0 Å². The highest BCUT2D eigenvalue weighted by Crippen LogP contribution is 2.27. The van der Waals surface area contributed by atoms with Gasteiger partial charge in [-0.1, -0.05) is 47.5 Å². The standard InChI is InChI=1S/C17H20N4O2/c1-4-14(13-8-6-5-7-9-13)16-19-20-17(22-16)18-10-15-11(2)21-23-12(15)3/h5-9,14H,4,10H2,1-3H3,(H,18,20)/t14-/m0/s1. The second-order valence-corrected chi connectivity index (χ2v) is 5.47. The molecule has 3 rings (SSSR count). The number of nitrogens with one attached hydrogen (secondary N) is 1. The molecule has 6 heteroatoms. The number of anilines is 1. The first-order valence-electron chi connectivity index (χ1n) is 7.73. The highest BCUT2D eigenvalue weighted by atomic mass is 16.5. The lowest BCUT2D eigenvalue weighted by molar-refractivity contribution is 0.392. The Kier molecular flexibility index (Phi) is 4.41. The second-order valence-electron chi connectivity index (χ2n) is 5.47. The number of nitrogens with zero attached hydrogens (tertiary/aromatic N) is 3. The number of hydrogen-bond acceptors (Lipinski definition) is 6. The van der Waals surface area contributed by atoms with Gasteiger partial charge in [0.1, 0.15) is 5.76 Å². The van der Waals surface area contributed by atoms with Crippen LogP contribution in [0.2, 0.25) is 0 Å². The maximum atomic E-state index is 5.78. The molecule has 0 saturated heterocycles. The van der Waals surface area contributed by atoms with Crippen molar-refractivity contribution in [3.63, 3.8) is 0 Å². The largest absolute Gasteiger partial charge is 0.407 e. The van der Waals surface area contributed by atoms with E-state index in [0.717, 1.165) is 23.4 Å². The zero-order chi connectivity index (χ0) is 16.2. The van der Waals surface area contributed by atoms with Crippen LogP contribution in [0.5, 0.6) is 0 Å². The third-order valence-corrected chi connectivity index (χ3v) is 3.95. The third-order valence-electron chi connectivity index (χ3n) is 3.95. The van der Waals surface area contributed by atoms with Gasteiger partial charge in [0.2, 0.25) is 5.89 Å². The predicted molar refractivity (Wildman–Crippen MR) is 86.2 cm³/mol. The van der Waals surface area contributed by atoms with Crippen molar-refractivity contribution in [1.29, 1.82) is 0 Å². The summed E-state index contributed by atoms with van der Waals surface area (Å²) in [5.41, 5.74) is 3.06. The fraction of sp³-hybridized carbons (Fsp3) is 0.353. The maximum absolute atomic E-state index is 5.78. The summed E-state index contributed by atoms with van der Waals surface area (Å²) >= 11 is 0. The van der Waals surface area contributed by atoms with Gasteiger partial charge >= 0.3 is 6.01 Å². The van der Waals surface area contributed by atoms with Gasteiger partial charge in [0, 0.05) is 12.1 Å². The van der Waals surface area contributed by atoms with Crippen molar-refractivity contribution in [3.05, 3.63) is 58.8 Å². The molecule has 0 radical (unpaired) electrons. The van der Waals surface area contributed by atoms with Gasteiger partial charge < -0.3 is 14.3 Å². The van der Waals surface area contributed by atoms with Crippen LogP contribution < -0.4 is 5.32 Å². The summed E-state index contributed by atoms with van der Waals surface area (Å²) in [6.45, 7) is 6.46. The minimum Gasteiger partial charge on any atom is -0.407 e. The molecule has 1 aromatic carbocycles. The zero-order valence-electron chi connectivity index (χ0n) is 13.5. The summed E-state index contributed by atoms with van der Waals surface area (Å²) in [5.74, 6) is 1.53. The molecule has 0 bridgehead atoms. The quantitative estimate of drug-likeness (QED) is 0.745. The molecule has 6 nitrogen and oxygen atoms in total. The van der Waals surface area contributed by atoms with Crippen LogP contribution >= 0.6 is 0 Å². The third kappa shape index (κ3) is 3.26. The molecule has 0 saturated carbocycles. The average Bonchev–Trinajstić information content (AvgIpc) is 3.15. The van der Waals surface area contributed by atoms with E-state index >= 15 is 0 Å². The normalized spacial score (nSPS) is 12.3. The lowest BCUT2D eigenvalue weighted by Crippen LogP contribution is -2.01. The van der Waals surface area contributed by atoms with Crippen molar-refractivity contribution in [3.8, 4) is 0 Å². The minimum absolute atomic E-state index is 0.110. The van der Waals surface area contributed by atoms with Crippen LogP contribution in [0.15, 0.2) is 39.3 Å². The van der Waals surface area contributed by atoms with Crippen LogP contribution in [0.3, 0.4) is 0 Å². The van der Waals surface area contributed by atoms with Crippen LogP contribution in [0, 0.1) is 13.8 Å². The second kappa shape index (κ2) is 6.64. The summed E-state index contributed by atoms with van der Waals surface area (Å²) < 4.78 is 10.9. The SMILES string of the molecule is CC[C@@H](c1ccccc1)c1nnc(NCc2c(C)noc2C)o1. The van der Waals surface area contributed by atoms with E-state index in [1.54, 1.807) is 0 Å². The van der Waals surface area contributed by atoms with E-state index in [-0.39, 0.29) is 5.92 Å². The Labute approximate surface area is 134 Å². The molecule has 23 heavy (non-hydrogen) atoms. The molecule has 0 amide bonds. The number of benzene rings is 1. The Morgan fingerprint density at radius 2 is 1.91 bits per heavy atom. The molecule has 0 aliphatic heterocycles. The van der Waals surface area contributed by atoms with Crippen LogP contribution in [0.1, 0.15) is 47.7 Å². The lowest BCUT2D eigenvalue weighted by atomic mass is 9.97. The molecular formula is C17H20N4O2. The molecule has 1 atom stereocenters. The van der Waals surface area contributed by atoms with Gasteiger partial charge in [0.25, 0.3) is 0 Å². The first-order valence-corrected chi connectivity index (χ1v) is 7.73. The number of rotatable bonds is 6. The highest BCUT2D eigenvalue weighted by Gasteiger charge is 2.19. The summed E-state index contributed by atoms with van der Waals surface area (Å²) in [5, 5.41) is 15.4. The van der Waals surface area contributed by atoms with E-state index in [1.165, 1.54) is 5.56 Å². The van der Waals surface area contributed by atoms with E-state index in [0.29, 0.717) is 18.5 Å². The zero-order valence-corrected chi connectivity index (χ0v) is 13.5. The molecule has 2 aromatic heterocycles. The fourth-order valence-electron chi connectivity index (χ4n) is 2.60. The first kappa shape index (κ1) is 15.3. The lowest BCUT2D eigenvalue weighted by Gasteiger charge is -2.10. The fourth-order valence-corrected chi connectivity index (χ4v) is 2.60. The number of aromatic nitrogens is 3. The predicted octanol–water partition coefficient (Wildman–Crippen LogP) is 3.83. The van der Waals surface area contributed by atoms with Crippen molar-refractivity contribution in [2.45, 2.75) is 39.7 Å². The van der Waals surface area contributed by atoms with Gasteiger partial charge in [-0.3, -0.25) is 0 Å². The molecule has 1 N–H and O–H groups in total. The summed E-state index contributed by atoms with van der Waals surface area (Å²) in [6.07, 6.45) is 0.898. The summed E-state index contributed by atoms with van der Waals surface area (Å²) in [4.78, 5) is 0. The van der Waals surface area contributed by atoms with E-state index in [9.17, 15) is 0 Å². The highest BCUT2D eigenvalue weighted by molar-refractivity contribution is 5.29. The topological polar surface area (TPSA) is 77.0 Å². The molecular weight excluding hydrogens is 292 g/mol. The van der Waals surface area contributed by atoms with Gasteiger partial charge in [-0.05, 0) is 25.8 Å². The van der Waals surface area contributed by atoms with Gasteiger partial charge in [0.05, 0.1) is 11.6 Å². The average molecular weight is 312 g/mol. The Morgan fingerprint density at radius 1 is 1.13 bits per heavy atom. The van der Waals surface area contributed by atoms with E-state index in [4.69, 9.17) is 8.94 Å². The van der Waals surface area contributed by atoms with Crippen LogP contribution in [0.4, 0.5) is 6.01 Å². The summed E-state index contributed by atoms with van der Waals surface area (Å²) in [7, 11) is 0. The minimum atomic E-state index is 0.110. The van der Waals surface area contributed by atoms with Crippen molar-refractivity contribution in [2.75, 3.05) is 5.32 Å². The molecule has 0 aliphatic carbocycles. The molecule has 120 valence electrons. The van der Waals surface area contributed by atoms with Gasteiger partial charge in [0.15, 0.2) is 0 Å². The van der Waals surface area contributed by atoms with E-state index < -0.39 is 0 Å². The molecule has 0 unspecified atom stereocenters. The first-order chi connectivity index (χ1) is 11.2. The number of hydrogen-bond donors (Lipinski definition) is 1. The molecule has 0 fully saturated rings. The maximum Gasteiger partial charge on any atom is 0.315 e. The van der Waals surface area contributed by atoms with E-state index in [2.05, 4.69) is 39.7 Å². The molecule has 3 aromatic rings. The Morgan fingerprint density at radius 3 is 2.57 bits per heavy atom. The smallest absolute Gasteiger partial charge is 0.315 e. The monoisotopic (exact) mass is 312 g/mol. The Balaban J connectivity index is 1.72. The summed E-state index contributed by atoms with van der Waals surface area (Å²) in [6, 6.07) is 10.6. The molecule has 0 spiro atoms.